The first-order valence-electron chi connectivity index (χ1n) is 18.7. The number of likely N-dealkylation sites (N-methyl/N-ethyl adjacent to an activating group) is 1. The second-order valence-electron chi connectivity index (χ2n) is 14.4. The first kappa shape index (κ1) is 50.9. The minimum Gasteiger partial charge on any atom is -0.394 e. The van der Waals surface area contributed by atoms with Gasteiger partial charge in [0, 0.05) is 23.5 Å². The van der Waals surface area contributed by atoms with E-state index in [-0.39, 0.29) is 31.0 Å². The number of allylic oxidation sites excluding steroid dienone is 12. The Kier molecular flexibility index (Phi) is 28.4. The summed E-state index contributed by atoms with van der Waals surface area (Å²) in [5.74, 6) is -2.03. The van der Waals surface area contributed by atoms with E-state index in [1.807, 2.05) is 33.3 Å². The first-order chi connectivity index (χ1) is 25.5. The monoisotopic (exact) mass is 794 g/mol. The summed E-state index contributed by atoms with van der Waals surface area (Å²) >= 11 is 0. The maximum absolute atomic E-state index is 13.2. The van der Waals surface area contributed by atoms with Crippen LogP contribution >= 0.6 is 21.6 Å². The minimum atomic E-state index is -1.18. The van der Waals surface area contributed by atoms with Gasteiger partial charge in [-0.25, -0.2) is 0 Å². The van der Waals surface area contributed by atoms with Crippen LogP contribution < -0.4 is 21.7 Å². The summed E-state index contributed by atoms with van der Waals surface area (Å²) in [5.41, 5.74) is 5.58. The van der Waals surface area contributed by atoms with E-state index < -0.39 is 53.4 Å². The van der Waals surface area contributed by atoms with Gasteiger partial charge < -0.3 is 41.5 Å². The number of hydrogen-bond acceptors (Lipinski definition) is 9. The van der Waals surface area contributed by atoms with Crippen molar-refractivity contribution in [2.24, 2.45) is 5.73 Å². The normalized spacial score (nSPS) is 15.1. The van der Waals surface area contributed by atoms with Crippen molar-refractivity contribution in [2.45, 2.75) is 108 Å². The Balaban J connectivity index is 4.81. The highest BCUT2D eigenvalue weighted by Gasteiger charge is 2.38. The van der Waals surface area contributed by atoms with Crippen molar-refractivity contribution in [1.82, 2.24) is 16.0 Å². The zero-order valence-electron chi connectivity index (χ0n) is 33.2. The third kappa shape index (κ3) is 28.3. The van der Waals surface area contributed by atoms with E-state index in [1.54, 1.807) is 13.8 Å². The number of hydrogen-bond donors (Lipinski definition) is 7. The molecular formula is C40H68N5O7S2+. The van der Waals surface area contributed by atoms with Crippen LogP contribution in [-0.4, -0.2) is 119 Å². The molecule has 306 valence electrons. The van der Waals surface area contributed by atoms with E-state index >= 15 is 0 Å². The summed E-state index contributed by atoms with van der Waals surface area (Å²) < 4.78 is -0.517. The maximum atomic E-state index is 13.2. The van der Waals surface area contributed by atoms with Crippen molar-refractivity contribution in [1.29, 1.82) is 0 Å². The third-order valence-corrected chi connectivity index (χ3v) is 10.8. The lowest BCUT2D eigenvalue weighted by Gasteiger charge is -2.34. The molecule has 14 heteroatoms. The van der Waals surface area contributed by atoms with Gasteiger partial charge in [0.15, 0.2) is 0 Å². The van der Waals surface area contributed by atoms with Crippen LogP contribution in [0.4, 0.5) is 0 Å². The number of carbonyl (C=O) groups is 4. The predicted octanol–water partition coefficient (Wildman–Crippen LogP) is 4.01. The molecule has 3 unspecified atom stereocenters. The van der Waals surface area contributed by atoms with Crippen LogP contribution in [-0.2, 0) is 19.2 Å². The lowest BCUT2D eigenvalue weighted by molar-refractivity contribution is -0.873. The molecule has 4 amide bonds. The highest BCUT2D eigenvalue weighted by atomic mass is 33.1. The topological polar surface area (TPSA) is 191 Å². The molecule has 12 nitrogen and oxygen atoms in total. The number of carbonyl (C=O) groups excluding carboxylic acids is 4. The van der Waals surface area contributed by atoms with Gasteiger partial charge in [0.05, 0.1) is 40.3 Å². The fraction of sp³-hybridized carbons (Fsp3) is 0.600. The summed E-state index contributed by atoms with van der Waals surface area (Å²) in [6, 6.07) is -2.06. The van der Waals surface area contributed by atoms with Gasteiger partial charge in [-0.15, -0.1) is 0 Å². The summed E-state index contributed by atoms with van der Waals surface area (Å²) in [7, 11) is 8.08. The highest BCUT2D eigenvalue weighted by Crippen LogP contribution is 2.38. The van der Waals surface area contributed by atoms with Crippen molar-refractivity contribution >= 4 is 45.2 Å². The van der Waals surface area contributed by atoms with Crippen LogP contribution in [0.5, 0.6) is 0 Å². The second kappa shape index (κ2) is 30.1. The standard InChI is InChI=1S/C40H67N5O7S2/c1-7-8-9-10-11-12-13-14-15-16-17-18-19-20-21-22-23-24-25-26-35(49)43-34(38(41)51)31-53-54-40(2,3)37(39(52)42-28-33(48)30-46)44-36(50)27-32(47)29-45(4,5)6/h8-9,11-12,14-15,17-18,20-21,23-24,32-34,37,46-48H,7,10,13,16,19,22,25-31H2,1-6H3,(H4-,41,42,43,44,49,50,51,52)/p+1/b9-8-,12-11-,15-14-,18-17-,21-20-,24-23-/t32?,33?,34-,37?/m0/s1. The second-order valence-corrected chi connectivity index (χ2v) is 17.4. The average Bonchev–Trinajstić information content (AvgIpc) is 3.08. The van der Waals surface area contributed by atoms with E-state index in [0.717, 1.165) is 38.5 Å². The number of rotatable bonds is 30. The average molecular weight is 795 g/mol. The van der Waals surface area contributed by atoms with Gasteiger partial charge in [0.1, 0.15) is 24.7 Å². The minimum absolute atomic E-state index is 0.114. The molecule has 0 saturated carbocycles. The van der Waals surface area contributed by atoms with Crippen LogP contribution in [0.25, 0.3) is 0 Å². The molecular weight excluding hydrogens is 727 g/mol. The molecule has 0 aromatic carbocycles. The van der Waals surface area contributed by atoms with Crippen molar-refractivity contribution in [3.63, 3.8) is 0 Å². The van der Waals surface area contributed by atoms with Crippen LogP contribution in [0.3, 0.4) is 0 Å². The van der Waals surface area contributed by atoms with Crippen molar-refractivity contribution < 1.29 is 39.0 Å². The molecule has 0 bridgehead atoms. The molecule has 0 rings (SSSR count). The van der Waals surface area contributed by atoms with Gasteiger partial charge >= 0.3 is 0 Å². The van der Waals surface area contributed by atoms with Gasteiger partial charge in [0.2, 0.25) is 23.6 Å². The lowest BCUT2D eigenvalue weighted by atomic mass is 10.0. The molecule has 8 N–H and O–H groups in total. The van der Waals surface area contributed by atoms with E-state index in [2.05, 4.69) is 83.6 Å². The number of aliphatic hydroxyl groups is 3. The van der Waals surface area contributed by atoms with E-state index in [9.17, 15) is 29.4 Å². The van der Waals surface area contributed by atoms with E-state index in [1.165, 1.54) is 21.6 Å². The van der Waals surface area contributed by atoms with Gasteiger partial charge in [-0.3, -0.25) is 19.2 Å². The van der Waals surface area contributed by atoms with Crippen molar-refractivity contribution in [3.05, 3.63) is 72.9 Å². The Morgan fingerprint density at radius 1 is 0.759 bits per heavy atom. The predicted molar refractivity (Wildman–Crippen MR) is 224 cm³/mol. The maximum Gasteiger partial charge on any atom is 0.244 e. The summed E-state index contributed by atoms with van der Waals surface area (Å²) in [5, 5.41) is 37.2. The molecule has 4 atom stereocenters. The van der Waals surface area contributed by atoms with Gasteiger partial charge in [-0.2, -0.15) is 0 Å². The summed E-state index contributed by atoms with van der Waals surface area (Å²) in [4.78, 5) is 50.8. The number of quaternary nitrogens is 1. The molecule has 0 saturated heterocycles. The molecule has 0 heterocycles. The molecule has 0 aliphatic carbocycles. The van der Waals surface area contributed by atoms with Crippen molar-refractivity contribution in [3.8, 4) is 0 Å². The molecule has 0 aliphatic rings. The molecule has 0 aromatic rings. The molecule has 0 aliphatic heterocycles. The fourth-order valence-corrected chi connectivity index (χ4v) is 7.52. The van der Waals surface area contributed by atoms with Gasteiger partial charge in [0.25, 0.3) is 0 Å². The zero-order valence-corrected chi connectivity index (χ0v) is 34.9. The Morgan fingerprint density at radius 3 is 1.72 bits per heavy atom. The summed E-state index contributed by atoms with van der Waals surface area (Å²) in [6.07, 6.45) is 29.3. The van der Waals surface area contributed by atoms with Crippen LogP contribution in [0.1, 0.15) is 78.6 Å². The number of nitrogens with two attached hydrogens (primary N) is 1. The number of aliphatic hydroxyl groups excluding tert-OH is 3. The first-order valence-corrected chi connectivity index (χ1v) is 21.0. The van der Waals surface area contributed by atoms with Crippen molar-refractivity contribution in [2.75, 3.05) is 46.6 Å². The molecule has 0 fully saturated rings. The Morgan fingerprint density at radius 2 is 1.26 bits per heavy atom. The largest absolute Gasteiger partial charge is 0.394 e. The van der Waals surface area contributed by atoms with Gasteiger partial charge in [-0.05, 0) is 58.8 Å². The Bertz CT molecular complexity index is 1280. The third-order valence-electron chi connectivity index (χ3n) is 7.49. The number of nitrogens with one attached hydrogen (secondary N) is 3. The Labute approximate surface area is 331 Å². The molecule has 0 spiro atoms. The quantitative estimate of drug-likeness (QED) is 0.0320. The van der Waals surface area contributed by atoms with Crippen LogP contribution in [0.15, 0.2) is 72.9 Å². The van der Waals surface area contributed by atoms with Crippen LogP contribution in [0, 0.1) is 0 Å². The van der Waals surface area contributed by atoms with E-state index in [0.29, 0.717) is 17.4 Å². The number of amides is 4. The molecule has 0 radical (unpaired) electrons. The van der Waals surface area contributed by atoms with E-state index in [4.69, 9.17) is 10.8 Å². The number of primary amides is 1. The number of nitrogens with zero attached hydrogens (tertiary/aromatic N) is 1. The molecule has 0 aromatic heterocycles. The van der Waals surface area contributed by atoms with Gasteiger partial charge in [-0.1, -0.05) is 101 Å². The lowest BCUT2D eigenvalue weighted by Crippen LogP contribution is -2.57. The van der Waals surface area contributed by atoms with Crippen LogP contribution in [0.2, 0.25) is 0 Å². The smallest absolute Gasteiger partial charge is 0.244 e. The fourth-order valence-electron chi connectivity index (χ4n) is 4.69. The summed E-state index contributed by atoms with van der Waals surface area (Å²) in [6.45, 7) is 5.13. The zero-order chi connectivity index (χ0) is 40.8. The highest BCUT2D eigenvalue weighted by molar-refractivity contribution is 8.77. The molecule has 54 heavy (non-hydrogen) atoms. The Hall–Kier alpha value is -3.14. The SMILES string of the molecule is CC/C=C\C/C=C\C/C=C\C/C=C\C/C=C\C/C=C\CCC(=O)N[C@@H](CSSC(C)(C)C(NC(=O)CC(O)C[N+](C)(C)C)C(=O)NCC(O)CO)C(N)=O.